The van der Waals surface area contributed by atoms with Crippen LogP contribution >= 0.6 is 0 Å². The summed E-state index contributed by atoms with van der Waals surface area (Å²) in [5.74, 6) is -1.03. The molecule has 0 aliphatic rings. The number of hydrogen-bond donors (Lipinski definition) is 0. The van der Waals surface area contributed by atoms with E-state index in [1.807, 2.05) is 6.92 Å². The number of rotatable bonds is 11. The maximum atomic E-state index is 5.74. The molecular formula is C12H25O4Zr. The van der Waals surface area contributed by atoms with E-state index in [0.717, 1.165) is 44.4 Å². The fourth-order valence-corrected chi connectivity index (χ4v) is 2.00. The van der Waals surface area contributed by atoms with Crippen molar-refractivity contribution in [1.29, 1.82) is 0 Å². The summed E-state index contributed by atoms with van der Waals surface area (Å²) in [6.45, 7) is 10.0. The van der Waals surface area contributed by atoms with E-state index in [-0.39, 0.29) is 6.10 Å². The van der Waals surface area contributed by atoms with Crippen molar-refractivity contribution >= 4 is 0 Å². The van der Waals surface area contributed by atoms with Gasteiger partial charge < -0.3 is 0 Å². The molecule has 0 radical (unpaired) electrons. The third-order valence-corrected chi connectivity index (χ3v) is 2.93. The Labute approximate surface area is 121 Å². The first kappa shape index (κ1) is 17.7. The van der Waals surface area contributed by atoms with E-state index < -0.39 is 5.97 Å². The average molecular weight is 325 g/mol. The first-order valence-corrected chi connectivity index (χ1v) is 7.41. The van der Waals surface area contributed by atoms with Gasteiger partial charge in [-0.3, -0.25) is 0 Å². The zero-order valence-electron chi connectivity index (χ0n) is 11.5. The molecule has 0 amide bonds. The number of hydrogen-bond acceptors (Lipinski definition) is 4. The van der Waals surface area contributed by atoms with Crippen LogP contribution in [0.2, 0.25) is 0 Å². The van der Waals surface area contributed by atoms with Gasteiger partial charge in [0.25, 0.3) is 0 Å². The molecule has 0 N–H and O–H groups in total. The molecule has 0 aliphatic carbocycles. The Balaban J connectivity index is 4.50. The van der Waals surface area contributed by atoms with Gasteiger partial charge in [-0.25, -0.2) is 0 Å². The second-order valence-corrected chi connectivity index (χ2v) is 4.42. The molecule has 0 saturated carbocycles. The molecule has 0 aliphatic heterocycles. The summed E-state index contributed by atoms with van der Waals surface area (Å²) in [5.41, 5.74) is 0. The molecule has 101 valence electrons. The van der Waals surface area contributed by atoms with E-state index in [1.54, 1.807) is 0 Å². The van der Waals surface area contributed by atoms with Gasteiger partial charge in [-0.2, -0.15) is 0 Å². The van der Waals surface area contributed by atoms with Crippen molar-refractivity contribution in [2.75, 3.05) is 19.8 Å². The van der Waals surface area contributed by atoms with E-state index in [9.17, 15) is 0 Å². The fourth-order valence-electron chi connectivity index (χ4n) is 1.30. The van der Waals surface area contributed by atoms with Crippen molar-refractivity contribution in [1.82, 2.24) is 0 Å². The number of ether oxygens (including phenoxy) is 3. The summed E-state index contributed by atoms with van der Waals surface area (Å²) >= 11 is 0.922. The fraction of sp³-hybridized carbons (Fsp3) is 1.00. The van der Waals surface area contributed by atoms with E-state index in [2.05, 4.69) is 20.8 Å². The van der Waals surface area contributed by atoms with Gasteiger partial charge >= 0.3 is 121 Å². The van der Waals surface area contributed by atoms with Crippen LogP contribution in [0.1, 0.15) is 47.0 Å². The van der Waals surface area contributed by atoms with Crippen molar-refractivity contribution in [3.8, 4) is 0 Å². The Kier molecular flexibility index (Phi) is 11.1. The normalized spacial score (nSPS) is 13.8. The SMILES string of the molecule is CCCOC(C)C([O][Zr])(OCCC)OCCC. The summed E-state index contributed by atoms with van der Waals surface area (Å²) in [6.07, 6.45) is 2.60. The van der Waals surface area contributed by atoms with Crippen molar-refractivity contribution in [2.45, 2.75) is 59.0 Å². The minimum atomic E-state index is -1.03. The minimum absolute atomic E-state index is 0.222. The van der Waals surface area contributed by atoms with Crippen LogP contribution in [-0.2, 0) is 42.2 Å². The van der Waals surface area contributed by atoms with Crippen LogP contribution in [0.25, 0.3) is 0 Å². The molecule has 5 heteroatoms. The first-order chi connectivity index (χ1) is 8.16. The van der Waals surface area contributed by atoms with Crippen LogP contribution in [0.3, 0.4) is 0 Å². The second-order valence-electron chi connectivity index (χ2n) is 3.92. The summed E-state index contributed by atoms with van der Waals surface area (Å²) in [5, 5.41) is 0. The Morgan fingerprint density at radius 1 is 0.941 bits per heavy atom. The Morgan fingerprint density at radius 2 is 1.41 bits per heavy atom. The molecule has 0 fully saturated rings. The van der Waals surface area contributed by atoms with Crippen molar-refractivity contribution in [2.24, 2.45) is 0 Å². The Morgan fingerprint density at radius 3 is 1.76 bits per heavy atom. The topological polar surface area (TPSA) is 36.9 Å². The molecule has 0 saturated heterocycles. The van der Waals surface area contributed by atoms with Crippen molar-refractivity contribution < 1.29 is 42.2 Å². The van der Waals surface area contributed by atoms with Crippen LogP contribution < -0.4 is 0 Å². The van der Waals surface area contributed by atoms with Crippen LogP contribution in [0, 0.1) is 0 Å². The van der Waals surface area contributed by atoms with Gasteiger partial charge in [-0.15, -0.1) is 0 Å². The monoisotopic (exact) mass is 323 g/mol. The summed E-state index contributed by atoms with van der Waals surface area (Å²) in [6, 6.07) is 0. The molecule has 0 aromatic carbocycles. The van der Waals surface area contributed by atoms with E-state index in [0.29, 0.717) is 19.8 Å². The summed E-state index contributed by atoms with van der Waals surface area (Å²) in [4.78, 5) is 0. The molecule has 17 heavy (non-hydrogen) atoms. The molecule has 4 nitrogen and oxygen atoms in total. The van der Waals surface area contributed by atoms with Crippen molar-refractivity contribution in [3.05, 3.63) is 0 Å². The van der Waals surface area contributed by atoms with Gasteiger partial charge in [0.15, 0.2) is 0 Å². The van der Waals surface area contributed by atoms with Gasteiger partial charge in [0.2, 0.25) is 0 Å². The average Bonchev–Trinajstić information content (AvgIpc) is 2.37. The third kappa shape index (κ3) is 6.44. The maximum absolute atomic E-state index is 5.74. The van der Waals surface area contributed by atoms with Gasteiger partial charge in [-0.1, -0.05) is 0 Å². The third-order valence-electron chi connectivity index (χ3n) is 2.23. The molecule has 0 aromatic heterocycles. The van der Waals surface area contributed by atoms with E-state index >= 15 is 0 Å². The Hall–Kier alpha value is 0.723. The summed E-state index contributed by atoms with van der Waals surface area (Å²) in [7, 11) is 0. The van der Waals surface area contributed by atoms with Crippen LogP contribution in [0.5, 0.6) is 0 Å². The zero-order chi connectivity index (χ0) is 13.1. The quantitative estimate of drug-likeness (QED) is 0.548. The standard InChI is InChI=1S/C12H25O4.Zr/c1-5-8-14-11(4)12(13,15-9-6-2)16-10-7-3;/h11H,5-10H2,1-4H3;/q-1;+1. The molecule has 0 spiro atoms. The molecule has 1 atom stereocenters. The van der Waals surface area contributed by atoms with Crippen LogP contribution in [-0.4, -0.2) is 31.9 Å². The predicted octanol–water partition coefficient (Wildman–Crippen LogP) is 2.79. The first-order valence-electron chi connectivity index (χ1n) is 6.41. The van der Waals surface area contributed by atoms with Gasteiger partial charge in [-0.05, 0) is 0 Å². The van der Waals surface area contributed by atoms with Gasteiger partial charge in [0.05, 0.1) is 0 Å². The van der Waals surface area contributed by atoms with Crippen LogP contribution in [0.15, 0.2) is 0 Å². The molecule has 0 bridgehead atoms. The van der Waals surface area contributed by atoms with Gasteiger partial charge in [0.1, 0.15) is 0 Å². The summed E-state index contributed by atoms with van der Waals surface area (Å²) < 4.78 is 22.7. The molecule has 0 rings (SSSR count). The molecular weight excluding hydrogens is 299 g/mol. The van der Waals surface area contributed by atoms with Gasteiger partial charge in [0, 0.05) is 0 Å². The molecule has 0 aromatic rings. The van der Waals surface area contributed by atoms with E-state index in [1.165, 1.54) is 0 Å². The second kappa shape index (κ2) is 10.6. The zero-order valence-corrected chi connectivity index (χ0v) is 13.9. The van der Waals surface area contributed by atoms with E-state index in [4.69, 9.17) is 17.0 Å². The molecule has 1 unspecified atom stereocenters. The van der Waals surface area contributed by atoms with Crippen molar-refractivity contribution in [3.63, 3.8) is 0 Å². The molecule has 0 heterocycles. The van der Waals surface area contributed by atoms with Crippen LogP contribution in [0.4, 0.5) is 0 Å². The predicted molar refractivity (Wildman–Crippen MR) is 62.0 cm³/mol. The Bertz CT molecular complexity index is 170.